The maximum atomic E-state index is 10.9. The minimum absolute atomic E-state index is 0.308. The molecule has 0 aromatic heterocycles. The summed E-state index contributed by atoms with van der Waals surface area (Å²) in [5.74, 6) is 0.289. The van der Waals surface area contributed by atoms with E-state index in [1.807, 2.05) is 43.3 Å². The van der Waals surface area contributed by atoms with Gasteiger partial charge in [0.15, 0.2) is 0 Å². The van der Waals surface area contributed by atoms with Gasteiger partial charge in [0, 0.05) is 11.9 Å². The van der Waals surface area contributed by atoms with Gasteiger partial charge in [0.05, 0.1) is 0 Å². The van der Waals surface area contributed by atoms with Crippen LogP contribution in [0.5, 0.6) is 5.75 Å². The zero-order valence-electron chi connectivity index (χ0n) is 10.2. The molecule has 0 saturated heterocycles. The Morgan fingerprint density at radius 1 is 1.06 bits per heavy atom. The highest BCUT2D eigenvalue weighted by Gasteiger charge is 2.05. The molecule has 92 valence electrons. The lowest BCUT2D eigenvalue weighted by molar-refractivity contribution is -0.131. The number of aryl methyl sites for hydroxylation is 1. The van der Waals surface area contributed by atoms with Gasteiger partial charge in [-0.3, -0.25) is 4.79 Å². The van der Waals surface area contributed by atoms with Crippen molar-refractivity contribution in [2.75, 3.05) is 0 Å². The number of benzene rings is 2. The standard InChI is InChI=1S/C15H13ClO2/c1-10-9-13(5-8-15(10)18-11(2)17)12-3-6-14(16)7-4-12/h3-9H,1-2H3. The number of hydrogen-bond donors (Lipinski definition) is 0. The lowest BCUT2D eigenvalue weighted by Gasteiger charge is -2.08. The maximum Gasteiger partial charge on any atom is 0.308 e. The molecule has 0 bridgehead atoms. The van der Waals surface area contributed by atoms with E-state index >= 15 is 0 Å². The molecule has 2 nitrogen and oxygen atoms in total. The highest BCUT2D eigenvalue weighted by atomic mass is 35.5. The van der Waals surface area contributed by atoms with Crippen LogP contribution >= 0.6 is 11.6 Å². The number of esters is 1. The molecule has 2 aromatic rings. The SMILES string of the molecule is CC(=O)Oc1ccc(-c2ccc(Cl)cc2)cc1C. The van der Waals surface area contributed by atoms with Gasteiger partial charge in [0.1, 0.15) is 5.75 Å². The van der Waals surface area contributed by atoms with Crippen molar-refractivity contribution < 1.29 is 9.53 Å². The molecule has 0 amide bonds. The third kappa shape index (κ3) is 2.90. The van der Waals surface area contributed by atoms with E-state index in [2.05, 4.69) is 0 Å². The topological polar surface area (TPSA) is 26.3 Å². The van der Waals surface area contributed by atoms with Crippen LogP contribution in [-0.2, 0) is 4.79 Å². The summed E-state index contributed by atoms with van der Waals surface area (Å²) in [5.41, 5.74) is 3.08. The van der Waals surface area contributed by atoms with E-state index < -0.39 is 0 Å². The van der Waals surface area contributed by atoms with Crippen molar-refractivity contribution in [1.82, 2.24) is 0 Å². The van der Waals surface area contributed by atoms with Gasteiger partial charge in [-0.15, -0.1) is 0 Å². The number of hydrogen-bond acceptors (Lipinski definition) is 2. The van der Waals surface area contributed by atoms with Gasteiger partial charge in [-0.25, -0.2) is 0 Å². The second-order valence-corrected chi connectivity index (χ2v) is 4.52. The van der Waals surface area contributed by atoms with E-state index in [-0.39, 0.29) is 5.97 Å². The summed E-state index contributed by atoms with van der Waals surface area (Å²) in [6.45, 7) is 3.31. The van der Waals surface area contributed by atoms with Crippen LogP contribution in [-0.4, -0.2) is 5.97 Å². The first-order valence-electron chi connectivity index (χ1n) is 5.61. The van der Waals surface area contributed by atoms with Crippen LogP contribution in [0.25, 0.3) is 11.1 Å². The van der Waals surface area contributed by atoms with Crippen LogP contribution in [0.2, 0.25) is 5.02 Å². The van der Waals surface area contributed by atoms with Crippen LogP contribution in [0.3, 0.4) is 0 Å². The summed E-state index contributed by atoms with van der Waals surface area (Å²) in [5, 5.41) is 0.715. The molecule has 0 aliphatic carbocycles. The van der Waals surface area contributed by atoms with E-state index in [1.165, 1.54) is 6.92 Å². The average molecular weight is 261 g/mol. The van der Waals surface area contributed by atoms with Crippen molar-refractivity contribution in [3.05, 3.63) is 53.1 Å². The van der Waals surface area contributed by atoms with E-state index in [4.69, 9.17) is 16.3 Å². The highest BCUT2D eigenvalue weighted by molar-refractivity contribution is 6.30. The second-order valence-electron chi connectivity index (χ2n) is 4.08. The summed E-state index contributed by atoms with van der Waals surface area (Å²) >= 11 is 5.86. The summed E-state index contributed by atoms with van der Waals surface area (Å²) in [6, 6.07) is 13.3. The van der Waals surface area contributed by atoms with Gasteiger partial charge in [-0.2, -0.15) is 0 Å². The third-order valence-electron chi connectivity index (χ3n) is 2.61. The Bertz CT molecular complexity index is 574. The number of rotatable bonds is 2. The average Bonchev–Trinajstić information content (AvgIpc) is 2.32. The maximum absolute atomic E-state index is 10.9. The normalized spacial score (nSPS) is 10.2. The Labute approximate surface area is 111 Å². The fourth-order valence-electron chi connectivity index (χ4n) is 1.74. The molecule has 0 aliphatic heterocycles. The Hall–Kier alpha value is -1.80. The number of halogens is 1. The Balaban J connectivity index is 2.33. The molecule has 2 rings (SSSR count). The minimum atomic E-state index is -0.308. The summed E-state index contributed by atoms with van der Waals surface area (Å²) < 4.78 is 5.09. The van der Waals surface area contributed by atoms with Gasteiger partial charge in [0.2, 0.25) is 0 Å². The van der Waals surface area contributed by atoms with Crippen molar-refractivity contribution in [1.29, 1.82) is 0 Å². The Morgan fingerprint density at radius 2 is 1.67 bits per heavy atom. The summed E-state index contributed by atoms with van der Waals surface area (Å²) in [7, 11) is 0. The van der Waals surface area contributed by atoms with Gasteiger partial charge in [0.25, 0.3) is 0 Å². The van der Waals surface area contributed by atoms with Crippen molar-refractivity contribution >= 4 is 17.6 Å². The first-order chi connectivity index (χ1) is 8.56. The van der Waals surface area contributed by atoms with Crippen LogP contribution in [0.15, 0.2) is 42.5 Å². The van der Waals surface area contributed by atoms with Gasteiger partial charge in [-0.05, 0) is 47.9 Å². The van der Waals surface area contributed by atoms with Crippen LogP contribution < -0.4 is 4.74 Å². The molecule has 0 aliphatic rings. The predicted molar refractivity (Wildman–Crippen MR) is 72.9 cm³/mol. The van der Waals surface area contributed by atoms with Crippen molar-refractivity contribution in [3.8, 4) is 16.9 Å². The van der Waals surface area contributed by atoms with E-state index in [1.54, 1.807) is 6.07 Å². The Morgan fingerprint density at radius 3 is 2.22 bits per heavy atom. The molecule has 0 unspecified atom stereocenters. The molecular weight excluding hydrogens is 248 g/mol. The smallest absolute Gasteiger partial charge is 0.308 e. The van der Waals surface area contributed by atoms with Crippen LogP contribution in [0, 0.1) is 6.92 Å². The molecule has 0 heterocycles. The molecule has 0 fully saturated rings. The molecule has 0 spiro atoms. The zero-order chi connectivity index (χ0) is 13.1. The molecular formula is C15H13ClO2. The van der Waals surface area contributed by atoms with Crippen molar-refractivity contribution in [2.24, 2.45) is 0 Å². The third-order valence-corrected chi connectivity index (χ3v) is 2.86. The number of carbonyl (C=O) groups is 1. The molecule has 3 heteroatoms. The van der Waals surface area contributed by atoms with E-state index in [0.717, 1.165) is 16.7 Å². The largest absolute Gasteiger partial charge is 0.426 e. The minimum Gasteiger partial charge on any atom is -0.426 e. The fraction of sp³-hybridized carbons (Fsp3) is 0.133. The zero-order valence-corrected chi connectivity index (χ0v) is 11.0. The number of ether oxygens (including phenoxy) is 1. The highest BCUT2D eigenvalue weighted by Crippen LogP contribution is 2.27. The molecule has 18 heavy (non-hydrogen) atoms. The van der Waals surface area contributed by atoms with Gasteiger partial charge in [-0.1, -0.05) is 29.8 Å². The number of carbonyl (C=O) groups excluding carboxylic acids is 1. The summed E-state index contributed by atoms with van der Waals surface area (Å²) in [4.78, 5) is 10.9. The van der Waals surface area contributed by atoms with Crippen molar-refractivity contribution in [3.63, 3.8) is 0 Å². The molecule has 0 saturated carbocycles. The van der Waals surface area contributed by atoms with Crippen LogP contribution in [0.4, 0.5) is 0 Å². The molecule has 0 atom stereocenters. The second kappa shape index (κ2) is 5.23. The van der Waals surface area contributed by atoms with Gasteiger partial charge < -0.3 is 4.74 Å². The first kappa shape index (κ1) is 12.7. The lowest BCUT2D eigenvalue weighted by Crippen LogP contribution is -2.02. The molecule has 2 aromatic carbocycles. The van der Waals surface area contributed by atoms with Crippen LogP contribution in [0.1, 0.15) is 12.5 Å². The van der Waals surface area contributed by atoms with E-state index in [0.29, 0.717) is 10.8 Å². The summed E-state index contributed by atoms with van der Waals surface area (Å²) in [6.07, 6.45) is 0. The predicted octanol–water partition coefficient (Wildman–Crippen LogP) is 4.24. The molecule has 0 radical (unpaired) electrons. The molecule has 0 N–H and O–H groups in total. The van der Waals surface area contributed by atoms with E-state index in [9.17, 15) is 4.79 Å². The monoisotopic (exact) mass is 260 g/mol. The fourth-order valence-corrected chi connectivity index (χ4v) is 1.87. The first-order valence-corrected chi connectivity index (χ1v) is 5.99. The van der Waals surface area contributed by atoms with Crippen molar-refractivity contribution in [2.45, 2.75) is 13.8 Å². The van der Waals surface area contributed by atoms with Gasteiger partial charge >= 0.3 is 5.97 Å². The quantitative estimate of drug-likeness (QED) is 0.596. The Kier molecular flexibility index (Phi) is 3.68. The lowest BCUT2D eigenvalue weighted by atomic mass is 10.0.